The summed E-state index contributed by atoms with van der Waals surface area (Å²) in [4.78, 5) is 20.7. The lowest BCUT2D eigenvalue weighted by atomic mass is 9.98. The lowest BCUT2D eigenvalue weighted by Crippen LogP contribution is -2.51. The second kappa shape index (κ2) is 5.83. The number of carbonyl (C=O) groups is 2. The minimum absolute atomic E-state index is 0.992. The Morgan fingerprint density at radius 1 is 0.900 bits per heavy atom. The van der Waals surface area contributed by atoms with Gasteiger partial charge in [0.05, 0.1) is 0 Å². The van der Waals surface area contributed by atoms with Crippen LogP contribution >= 0.6 is 0 Å². The molecule has 0 atom stereocenters. The first-order chi connectivity index (χ1) is 8.74. The molecular weight excluding hydrogens is 305 g/mol. The van der Waals surface area contributed by atoms with Crippen molar-refractivity contribution in [2.45, 2.75) is 37.3 Å². The van der Waals surface area contributed by atoms with Gasteiger partial charge in [0.15, 0.2) is 5.92 Å². The number of hydrogen-bond acceptors (Lipinski definition) is 2. The Labute approximate surface area is 107 Å². The summed E-state index contributed by atoms with van der Waals surface area (Å²) in [6.07, 6.45) is -10.6. The first-order valence-corrected chi connectivity index (χ1v) is 5.02. The molecule has 0 unspecified atom stereocenters. The van der Waals surface area contributed by atoms with Gasteiger partial charge in [-0.05, 0) is 12.8 Å². The SMILES string of the molecule is O=C(O)C(CCCC(F)(F)C(F)(F)C(F)(F)F)C(=O)O. The molecule has 2 N–H and O–H groups in total. The molecule has 11 heteroatoms. The minimum atomic E-state index is -6.46. The van der Waals surface area contributed by atoms with Gasteiger partial charge in [0.1, 0.15) is 0 Å². The topological polar surface area (TPSA) is 74.6 Å². The maximum Gasteiger partial charge on any atom is 0.459 e. The smallest absolute Gasteiger partial charge is 0.459 e. The Morgan fingerprint density at radius 2 is 1.30 bits per heavy atom. The fraction of sp³-hybridized carbons (Fsp3) is 0.778. The number of halogens is 7. The lowest BCUT2D eigenvalue weighted by molar-refractivity contribution is -0.355. The summed E-state index contributed by atoms with van der Waals surface area (Å²) >= 11 is 0. The van der Waals surface area contributed by atoms with Crippen molar-refractivity contribution in [2.24, 2.45) is 5.92 Å². The molecule has 0 aliphatic heterocycles. The summed E-state index contributed by atoms with van der Waals surface area (Å²) in [5, 5.41) is 16.7. The van der Waals surface area contributed by atoms with Crippen molar-refractivity contribution in [1.82, 2.24) is 0 Å². The zero-order valence-corrected chi connectivity index (χ0v) is 9.56. The molecule has 4 nitrogen and oxygen atoms in total. The first-order valence-electron chi connectivity index (χ1n) is 5.02. The summed E-state index contributed by atoms with van der Waals surface area (Å²) < 4.78 is 85.7. The van der Waals surface area contributed by atoms with Crippen molar-refractivity contribution >= 4 is 11.9 Å². The van der Waals surface area contributed by atoms with E-state index in [0.29, 0.717) is 0 Å². The van der Waals surface area contributed by atoms with E-state index in [1.165, 1.54) is 0 Å². The summed E-state index contributed by atoms with van der Waals surface area (Å²) in [5.41, 5.74) is 0. The van der Waals surface area contributed by atoms with E-state index in [1.54, 1.807) is 0 Å². The van der Waals surface area contributed by atoms with Gasteiger partial charge in [-0.25, -0.2) is 0 Å². The van der Waals surface area contributed by atoms with Crippen LogP contribution in [0.2, 0.25) is 0 Å². The van der Waals surface area contributed by atoms with E-state index in [2.05, 4.69) is 0 Å². The van der Waals surface area contributed by atoms with Crippen LogP contribution in [0.15, 0.2) is 0 Å². The number of carboxylic acids is 2. The van der Waals surface area contributed by atoms with Crippen molar-refractivity contribution in [2.75, 3.05) is 0 Å². The van der Waals surface area contributed by atoms with Crippen molar-refractivity contribution in [3.63, 3.8) is 0 Å². The Balaban J connectivity index is 4.73. The molecule has 0 aromatic rings. The van der Waals surface area contributed by atoms with Crippen LogP contribution < -0.4 is 0 Å². The Kier molecular flexibility index (Phi) is 5.38. The molecule has 0 heterocycles. The molecular formula is C9H9F7O4. The highest BCUT2D eigenvalue weighted by Gasteiger charge is 2.72. The number of alkyl halides is 7. The van der Waals surface area contributed by atoms with E-state index in [4.69, 9.17) is 10.2 Å². The van der Waals surface area contributed by atoms with Crippen molar-refractivity contribution in [3.8, 4) is 0 Å². The van der Waals surface area contributed by atoms with Crippen LogP contribution in [0, 0.1) is 5.92 Å². The average molecular weight is 314 g/mol. The van der Waals surface area contributed by atoms with Crippen LogP contribution in [0.4, 0.5) is 30.7 Å². The first kappa shape index (κ1) is 18.4. The van der Waals surface area contributed by atoms with Gasteiger partial charge in [0, 0.05) is 6.42 Å². The van der Waals surface area contributed by atoms with Gasteiger partial charge >= 0.3 is 30.0 Å². The van der Waals surface area contributed by atoms with Crippen LogP contribution in [0.3, 0.4) is 0 Å². The minimum Gasteiger partial charge on any atom is -0.481 e. The summed E-state index contributed by atoms with van der Waals surface area (Å²) in [5.74, 6) is -17.7. The molecule has 118 valence electrons. The molecule has 0 radical (unpaired) electrons. The van der Waals surface area contributed by atoms with Crippen LogP contribution in [-0.2, 0) is 9.59 Å². The second-order valence-corrected chi connectivity index (χ2v) is 3.90. The van der Waals surface area contributed by atoms with Crippen molar-refractivity contribution < 1.29 is 50.5 Å². The van der Waals surface area contributed by atoms with Crippen LogP contribution in [0.1, 0.15) is 19.3 Å². The maximum absolute atomic E-state index is 12.8. The predicted octanol–water partition coefficient (Wildman–Crippen LogP) is 2.78. The summed E-state index contributed by atoms with van der Waals surface area (Å²) in [6, 6.07) is 0. The number of carboxylic acid groups (broad SMARTS) is 2. The van der Waals surface area contributed by atoms with Crippen LogP contribution in [0.25, 0.3) is 0 Å². The predicted molar refractivity (Wildman–Crippen MR) is 48.6 cm³/mol. The van der Waals surface area contributed by atoms with Crippen LogP contribution in [0.5, 0.6) is 0 Å². The maximum atomic E-state index is 12.8. The monoisotopic (exact) mass is 314 g/mol. The van der Waals surface area contributed by atoms with Gasteiger partial charge < -0.3 is 10.2 Å². The average Bonchev–Trinajstić information content (AvgIpc) is 2.21. The zero-order valence-electron chi connectivity index (χ0n) is 9.56. The molecule has 0 fully saturated rings. The molecule has 0 aliphatic carbocycles. The number of hydrogen-bond donors (Lipinski definition) is 2. The molecule has 0 aromatic heterocycles. The fourth-order valence-corrected chi connectivity index (χ4v) is 1.25. The van der Waals surface area contributed by atoms with E-state index in [9.17, 15) is 40.3 Å². The Bertz CT molecular complexity index is 363. The molecule has 0 aromatic carbocycles. The molecule has 20 heavy (non-hydrogen) atoms. The molecule has 0 spiro atoms. The fourth-order valence-electron chi connectivity index (χ4n) is 1.25. The van der Waals surface area contributed by atoms with E-state index >= 15 is 0 Å². The zero-order chi connectivity index (χ0) is 16.4. The Hall–Kier alpha value is -1.55. The van der Waals surface area contributed by atoms with E-state index in [0.717, 1.165) is 0 Å². The third-order valence-corrected chi connectivity index (χ3v) is 2.40. The van der Waals surface area contributed by atoms with Crippen LogP contribution in [-0.4, -0.2) is 40.2 Å². The highest BCUT2D eigenvalue weighted by molar-refractivity contribution is 5.92. The summed E-state index contributed by atoms with van der Waals surface area (Å²) in [6.45, 7) is 0. The normalized spacial score (nSPS) is 13.6. The molecule has 0 aliphatic rings. The highest BCUT2D eigenvalue weighted by atomic mass is 19.4. The van der Waals surface area contributed by atoms with Gasteiger partial charge in [-0.3, -0.25) is 9.59 Å². The number of rotatable bonds is 7. The number of aliphatic carboxylic acids is 2. The standard InChI is InChI=1S/C9H9F7O4/c10-7(11,8(12,13)9(14,15)16)3-1-2-4(5(17)18)6(19)20/h4H,1-3H2,(H,17,18)(H,19,20). The highest BCUT2D eigenvalue weighted by Crippen LogP contribution is 2.48. The van der Waals surface area contributed by atoms with Gasteiger partial charge in [-0.1, -0.05) is 0 Å². The third kappa shape index (κ3) is 3.97. The van der Waals surface area contributed by atoms with Gasteiger partial charge in [0.25, 0.3) is 0 Å². The van der Waals surface area contributed by atoms with Crippen molar-refractivity contribution in [3.05, 3.63) is 0 Å². The molecule has 0 saturated heterocycles. The Morgan fingerprint density at radius 3 is 1.60 bits per heavy atom. The van der Waals surface area contributed by atoms with Gasteiger partial charge in [0.2, 0.25) is 0 Å². The molecule has 0 rings (SSSR count). The van der Waals surface area contributed by atoms with E-state index in [1.807, 2.05) is 0 Å². The lowest BCUT2D eigenvalue weighted by Gasteiger charge is -2.28. The van der Waals surface area contributed by atoms with E-state index < -0.39 is 55.1 Å². The molecule has 0 saturated carbocycles. The van der Waals surface area contributed by atoms with E-state index in [-0.39, 0.29) is 0 Å². The largest absolute Gasteiger partial charge is 0.481 e. The second-order valence-electron chi connectivity index (χ2n) is 3.90. The van der Waals surface area contributed by atoms with Gasteiger partial charge in [-0.2, -0.15) is 30.7 Å². The van der Waals surface area contributed by atoms with Crippen molar-refractivity contribution in [1.29, 1.82) is 0 Å². The molecule has 0 amide bonds. The summed E-state index contributed by atoms with van der Waals surface area (Å²) in [7, 11) is 0. The quantitative estimate of drug-likeness (QED) is 0.560. The van der Waals surface area contributed by atoms with Gasteiger partial charge in [-0.15, -0.1) is 0 Å². The molecule has 0 bridgehead atoms. The third-order valence-electron chi connectivity index (χ3n) is 2.40.